The van der Waals surface area contributed by atoms with E-state index in [4.69, 9.17) is 10.00 Å². The number of ether oxygens (including phenoxy) is 1. The first-order chi connectivity index (χ1) is 19.4. The fraction of sp³-hybridized carbons (Fsp3) is 0.310. The third-order valence-electron chi connectivity index (χ3n) is 6.98. The van der Waals surface area contributed by atoms with Gasteiger partial charge in [0, 0.05) is 31.6 Å². The van der Waals surface area contributed by atoms with Crippen LogP contribution in [0, 0.1) is 28.9 Å². The van der Waals surface area contributed by atoms with Crippen molar-refractivity contribution in [3.8, 4) is 22.9 Å². The molecule has 1 aliphatic rings. The molecular weight excluding hydrogens is 554 g/mol. The first kappa shape index (κ1) is 29.9. The Morgan fingerprint density at radius 2 is 1.85 bits per heavy atom. The summed E-state index contributed by atoms with van der Waals surface area (Å²) >= 11 is 0. The molecule has 9 nitrogen and oxygen atoms in total. The molecule has 2 N–H and O–H groups in total. The van der Waals surface area contributed by atoms with Crippen molar-refractivity contribution < 1.29 is 31.8 Å². The van der Waals surface area contributed by atoms with Crippen LogP contribution in [0.15, 0.2) is 65.6 Å². The van der Waals surface area contributed by atoms with E-state index in [0.717, 1.165) is 23.8 Å². The molecule has 0 radical (unpaired) electrons. The van der Waals surface area contributed by atoms with Gasteiger partial charge in [-0.25, -0.2) is 22.0 Å². The molecule has 0 saturated heterocycles. The molecule has 0 unspecified atom stereocenters. The largest absolute Gasteiger partial charge is 0.487 e. The molecule has 1 aliphatic heterocycles. The fourth-order valence-corrected chi connectivity index (χ4v) is 6.34. The van der Waals surface area contributed by atoms with Gasteiger partial charge in [0.15, 0.2) is 0 Å². The van der Waals surface area contributed by atoms with Crippen LogP contribution in [0.5, 0.6) is 5.75 Å². The minimum absolute atomic E-state index is 0.000473. The normalized spacial score (nSPS) is 19.0. The van der Waals surface area contributed by atoms with Crippen molar-refractivity contribution in [2.45, 2.75) is 30.9 Å². The van der Waals surface area contributed by atoms with E-state index in [9.17, 15) is 27.1 Å². The second-order valence-corrected chi connectivity index (χ2v) is 11.9. The third kappa shape index (κ3) is 6.48. The zero-order valence-electron chi connectivity index (χ0n) is 22.7. The Kier molecular flexibility index (Phi) is 8.92. The summed E-state index contributed by atoms with van der Waals surface area (Å²) in [4.78, 5) is 14.0. The molecule has 4 rings (SSSR count). The van der Waals surface area contributed by atoms with Crippen LogP contribution in [0.3, 0.4) is 0 Å². The summed E-state index contributed by atoms with van der Waals surface area (Å²) in [5.74, 6) is -1.91. The van der Waals surface area contributed by atoms with Crippen LogP contribution in [0.4, 0.5) is 19.3 Å². The summed E-state index contributed by atoms with van der Waals surface area (Å²) in [6.45, 7) is 2.94. The van der Waals surface area contributed by atoms with E-state index >= 15 is 0 Å². The number of benzene rings is 3. The number of nitrogens with zero attached hydrogens (tertiary/aromatic N) is 3. The number of aliphatic hydroxyl groups is 1. The molecule has 0 bridgehead atoms. The molecule has 0 spiro atoms. The van der Waals surface area contributed by atoms with Gasteiger partial charge in [-0.2, -0.15) is 9.57 Å². The summed E-state index contributed by atoms with van der Waals surface area (Å²) in [5.41, 5.74) is 1.53. The molecular formula is C29H30F2N4O5S. The maximum absolute atomic E-state index is 14.1. The highest BCUT2D eigenvalue weighted by molar-refractivity contribution is 7.89. The van der Waals surface area contributed by atoms with E-state index in [2.05, 4.69) is 11.4 Å². The molecule has 0 fully saturated rings. The van der Waals surface area contributed by atoms with Gasteiger partial charge in [-0.3, -0.25) is 0 Å². The Bertz CT molecular complexity index is 1580. The van der Waals surface area contributed by atoms with E-state index in [-0.39, 0.29) is 29.4 Å². The summed E-state index contributed by atoms with van der Waals surface area (Å²) in [6, 6.07) is 14.8. The summed E-state index contributed by atoms with van der Waals surface area (Å²) < 4.78 is 62.6. The Hall–Kier alpha value is -4.05. The van der Waals surface area contributed by atoms with Crippen molar-refractivity contribution in [2.75, 3.05) is 32.1 Å². The highest BCUT2D eigenvalue weighted by Gasteiger charge is 2.38. The van der Waals surface area contributed by atoms with Gasteiger partial charge in [-0.05, 0) is 54.4 Å². The van der Waals surface area contributed by atoms with Gasteiger partial charge in [0.1, 0.15) is 28.4 Å². The van der Waals surface area contributed by atoms with Gasteiger partial charge in [0.05, 0.1) is 30.5 Å². The predicted molar refractivity (Wildman–Crippen MR) is 149 cm³/mol. The number of rotatable bonds is 6. The number of likely N-dealkylation sites (N-methyl/N-ethyl adjacent to an activating group) is 1. The number of carbonyl (C=O) groups is 1. The lowest BCUT2D eigenvalue weighted by Gasteiger charge is -2.37. The van der Waals surface area contributed by atoms with Crippen LogP contribution < -0.4 is 10.1 Å². The Morgan fingerprint density at radius 1 is 1.17 bits per heavy atom. The van der Waals surface area contributed by atoms with Crippen molar-refractivity contribution in [3.63, 3.8) is 0 Å². The number of hydrogen-bond acceptors (Lipinski definition) is 6. The Balaban J connectivity index is 1.69. The Morgan fingerprint density at radius 3 is 2.51 bits per heavy atom. The van der Waals surface area contributed by atoms with Gasteiger partial charge in [0.25, 0.3) is 0 Å². The maximum Gasteiger partial charge on any atom is 0.321 e. The highest BCUT2D eigenvalue weighted by atomic mass is 32.2. The fourth-order valence-electron chi connectivity index (χ4n) is 4.52. The van der Waals surface area contributed by atoms with Gasteiger partial charge in [0.2, 0.25) is 10.0 Å². The summed E-state index contributed by atoms with van der Waals surface area (Å²) in [6.07, 6.45) is -0.720. The number of aliphatic hydroxyl groups excluding tert-OH is 1. The van der Waals surface area contributed by atoms with Crippen LogP contribution in [-0.4, -0.2) is 67.7 Å². The second kappa shape index (κ2) is 12.2. The molecule has 41 heavy (non-hydrogen) atoms. The van der Waals surface area contributed by atoms with E-state index in [1.54, 1.807) is 50.2 Å². The van der Waals surface area contributed by atoms with Gasteiger partial charge < -0.3 is 20.1 Å². The lowest BCUT2D eigenvalue weighted by molar-refractivity contribution is 0.0830. The van der Waals surface area contributed by atoms with Gasteiger partial charge in [-0.1, -0.05) is 25.1 Å². The molecule has 0 aromatic heterocycles. The number of hydrogen-bond donors (Lipinski definition) is 2. The lowest BCUT2D eigenvalue weighted by Crippen LogP contribution is -2.50. The zero-order valence-corrected chi connectivity index (χ0v) is 23.5. The quantitative estimate of drug-likeness (QED) is 0.442. The second-order valence-electron chi connectivity index (χ2n) is 10.0. The van der Waals surface area contributed by atoms with Crippen LogP contribution in [0.25, 0.3) is 11.1 Å². The minimum Gasteiger partial charge on any atom is -0.487 e. The number of anilines is 1. The van der Waals surface area contributed by atoms with Crippen LogP contribution in [0.1, 0.15) is 19.4 Å². The number of carbonyl (C=O) groups excluding carboxylic acids is 1. The van der Waals surface area contributed by atoms with E-state index < -0.39 is 52.4 Å². The van der Waals surface area contributed by atoms with E-state index in [1.165, 1.54) is 22.3 Å². The van der Waals surface area contributed by atoms with Crippen molar-refractivity contribution in [2.24, 2.45) is 5.92 Å². The average molecular weight is 585 g/mol. The van der Waals surface area contributed by atoms with Crippen LogP contribution in [-0.2, 0) is 10.0 Å². The number of halogens is 2. The monoisotopic (exact) mass is 584 g/mol. The first-order valence-corrected chi connectivity index (χ1v) is 14.3. The molecule has 2 amide bonds. The molecule has 12 heteroatoms. The van der Waals surface area contributed by atoms with Crippen molar-refractivity contribution >= 4 is 21.7 Å². The molecule has 216 valence electrons. The van der Waals surface area contributed by atoms with Gasteiger partial charge >= 0.3 is 6.03 Å². The molecule has 0 aliphatic carbocycles. The molecule has 3 atom stereocenters. The van der Waals surface area contributed by atoms with Gasteiger partial charge in [-0.15, -0.1) is 0 Å². The third-order valence-corrected chi connectivity index (χ3v) is 9.00. The topological polar surface area (TPSA) is 123 Å². The standard InChI is InChI=1S/C29H30F2N4O5S/c1-18-15-35(19(2)17-36)41(38,39)28-11-8-22(21-6-4-20(14-32)5-7-21)12-26(28)40-27(18)16-34(3)29(37)33-25-13-23(30)9-10-24(25)31/h4-13,18-19,27,36H,15-17H2,1-3H3,(H,33,37)/t18-,19+,27+/m0/s1. The summed E-state index contributed by atoms with van der Waals surface area (Å²) in [7, 11) is -2.62. The van der Waals surface area contributed by atoms with E-state index in [0.29, 0.717) is 11.1 Å². The first-order valence-electron chi connectivity index (χ1n) is 12.9. The molecule has 3 aromatic rings. The maximum atomic E-state index is 14.1. The SMILES string of the molecule is C[C@H](CO)N1C[C@H](C)[C@@H](CN(C)C(=O)Nc2cc(F)ccc2F)Oc2cc(-c3ccc(C#N)cc3)ccc2S1(=O)=O. The molecule has 1 heterocycles. The number of nitriles is 1. The predicted octanol–water partition coefficient (Wildman–Crippen LogP) is 4.44. The van der Waals surface area contributed by atoms with Crippen LogP contribution >= 0.6 is 0 Å². The van der Waals surface area contributed by atoms with Crippen LogP contribution in [0.2, 0.25) is 0 Å². The number of amides is 2. The number of sulfonamides is 1. The van der Waals surface area contributed by atoms with E-state index in [1.807, 2.05) is 0 Å². The lowest BCUT2D eigenvalue weighted by atomic mass is 10.0. The van der Waals surface area contributed by atoms with Crippen molar-refractivity contribution in [3.05, 3.63) is 77.9 Å². The number of fused-ring (bicyclic) bond motifs is 1. The smallest absolute Gasteiger partial charge is 0.321 e. The number of urea groups is 1. The van der Waals surface area contributed by atoms with Crippen molar-refractivity contribution in [1.82, 2.24) is 9.21 Å². The highest BCUT2D eigenvalue weighted by Crippen LogP contribution is 2.36. The zero-order chi connectivity index (χ0) is 29.9. The molecule has 3 aromatic carbocycles. The average Bonchev–Trinajstić information content (AvgIpc) is 2.96. The molecule has 0 saturated carbocycles. The Labute approximate surface area is 237 Å². The van der Waals surface area contributed by atoms with Crippen molar-refractivity contribution in [1.29, 1.82) is 5.26 Å². The minimum atomic E-state index is -4.08. The summed E-state index contributed by atoms with van der Waals surface area (Å²) in [5, 5.41) is 21.3. The number of nitrogens with one attached hydrogen (secondary N) is 1.